The van der Waals surface area contributed by atoms with Crippen LogP contribution < -0.4 is 9.47 Å². The average molecular weight is 359 g/mol. The minimum atomic E-state index is -1.10. The van der Waals surface area contributed by atoms with Crippen LogP contribution >= 0.6 is 27.5 Å². The van der Waals surface area contributed by atoms with Gasteiger partial charge in [-0.2, -0.15) is 0 Å². The molecular formula is C13H9BrClNO4. The molecule has 0 spiro atoms. The highest BCUT2D eigenvalue weighted by atomic mass is 79.9. The van der Waals surface area contributed by atoms with Gasteiger partial charge >= 0.3 is 5.97 Å². The van der Waals surface area contributed by atoms with Crippen molar-refractivity contribution < 1.29 is 19.4 Å². The molecule has 20 heavy (non-hydrogen) atoms. The number of ether oxygens (including phenoxy) is 2. The van der Waals surface area contributed by atoms with Gasteiger partial charge in [0.15, 0.2) is 0 Å². The zero-order chi connectivity index (χ0) is 14.7. The van der Waals surface area contributed by atoms with Gasteiger partial charge in [0.1, 0.15) is 17.1 Å². The zero-order valence-corrected chi connectivity index (χ0v) is 12.6. The summed E-state index contributed by atoms with van der Waals surface area (Å²) in [5.74, 6) is -0.277. The lowest BCUT2D eigenvalue weighted by atomic mass is 10.2. The SMILES string of the molecule is COc1ccc(C(=O)O)c(Oc2ncc(Cl)cc2Br)c1. The fourth-order valence-corrected chi connectivity index (χ4v) is 2.19. The van der Waals surface area contributed by atoms with E-state index in [1.165, 1.54) is 25.4 Å². The molecule has 0 atom stereocenters. The number of carboxylic acid groups (broad SMARTS) is 1. The normalized spacial score (nSPS) is 10.2. The maximum Gasteiger partial charge on any atom is 0.339 e. The number of methoxy groups -OCH3 is 1. The number of benzene rings is 1. The van der Waals surface area contributed by atoms with Crippen LogP contribution in [0.2, 0.25) is 5.02 Å². The van der Waals surface area contributed by atoms with Crippen LogP contribution in [0.25, 0.3) is 0 Å². The Hall–Kier alpha value is -1.79. The average Bonchev–Trinajstić information content (AvgIpc) is 2.41. The van der Waals surface area contributed by atoms with E-state index in [2.05, 4.69) is 20.9 Å². The minimum absolute atomic E-state index is 0.00875. The molecule has 104 valence electrons. The Morgan fingerprint density at radius 2 is 2.15 bits per heavy atom. The number of hydrogen-bond acceptors (Lipinski definition) is 4. The van der Waals surface area contributed by atoms with Crippen molar-refractivity contribution in [1.82, 2.24) is 4.98 Å². The lowest BCUT2D eigenvalue weighted by Gasteiger charge is -2.10. The van der Waals surface area contributed by atoms with Gasteiger partial charge in [-0.05, 0) is 34.1 Å². The second-order valence-corrected chi connectivity index (χ2v) is 5.00. The summed E-state index contributed by atoms with van der Waals surface area (Å²) in [5.41, 5.74) is 0.00875. The molecule has 0 aliphatic heterocycles. The molecule has 0 bridgehead atoms. The van der Waals surface area contributed by atoms with Crippen LogP contribution in [0.5, 0.6) is 17.4 Å². The van der Waals surface area contributed by atoms with E-state index in [4.69, 9.17) is 26.2 Å². The molecule has 0 amide bonds. The summed E-state index contributed by atoms with van der Waals surface area (Å²) in [7, 11) is 1.48. The first kappa shape index (κ1) is 14.6. The molecule has 2 rings (SSSR count). The monoisotopic (exact) mass is 357 g/mol. The molecular weight excluding hydrogens is 350 g/mol. The number of rotatable bonds is 4. The van der Waals surface area contributed by atoms with Crippen LogP contribution in [0, 0.1) is 0 Å². The number of aromatic carboxylic acids is 1. The minimum Gasteiger partial charge on any atom is -0.497 e. The first-order chi connectivity index (χ1) is 9.51. The van der Waals surface area contributed by atoms with Crippen LogP contribution in [0.3, 0.4) is 0 Å². The Balaban J connectivity index is 2.43. The summed E-state index contributed by atoms with van der Waals surface area (Å²) in [5, 5.41) is 9.58. The first-order valence-corrected chi connectivity index (χ1v) is 6.58. The molecule has 1 aromatic heterocycles. The van der Waals surface area contributed by atoms with E-state index < -0.39 is 5.97 Å². The Kier molecular flexibility index (Phi) is 4.46. The summed E-state index contributed by atoms with van der Waals surface area (Å²) < 4.78 is 11.1. The summed E-state index contributed by atoms with van der Waals surface area (Å²) in [6, 6.07) is 6.03. The largest absolute Gasteiger partial charge is 0.497 e. The van der Waals surface area contributed by atoms with E-state index in [1.54, 1.807) is 12.1 Å². The number of carboxylic acids is 1. The molecule has 7 heteroatoms. The second kappa shape index (κ2) is 6.11. The Morgan fingerprint density at radius 3 is 2.75 bits per heavy atom. The van der Waals surface area contributed by atoms with Gasteiger partial charge in [0.05, 0.1) is 16.6 Å². The van der Waals surface area contributed by atoms with Gasteiger partial charge < -0.3 is 14.6 Å². The molecule has 1 aromatic carbocycles. The molecule has 1 N–H and O–H groups in total. The van der Waals surface area contributed by atoms with E-state index in [1.807, 2.05) is 0 Å². The highest BCUT2D eigenvalue weighted by Gasteiger charge is 2.15. The van der Waals surface area contributed by atoms with Gasteiger partial charge in [0, 0.05) is 12.3 Å². The maximum absolute atomic E-state index is 11.2. The fourth-order valence-electron chi connectivity index (χ4n) is 1.47. The number of hydrogen-bond donors (Lipinski definition) is 1. The number of nitrogens with zero attached hydrogens (tertiary/aromatic N) is 1. The van der Waals surface area contributed by atoms with Crippen molar-refractivity contribution in [2.45, 2.75) is 0 Å². The third-order valence-electron chi connectivity index (χ3n) is 2.40. The predicted molar refractivity (Wildman–Crippen MR) is 77.0 cm³/mol. The molecule has 5 nitrogen and oxygen atoms in total. The van der Waals surface area contributed by atoms with Gasteiger partial charge in [-0.3, -0.25) is 0 Å². The van der Waals surface area contributed by atoms with Crippen molar-refractivity contribution in [3.05, 3.63) is 45.5 Å². The van der Waals surface area contributed by atoms with Gasteiger partial charge in [-0.15, -0.1) is 0 Å². The van der Waals surface area contributed by atoms with Gasteiger partial charge in [0.25, 0.3) is 0 Å². The summed E-state index contributed by atoms with van der Waals surface area (Å²) in [4.78, 5) is 15.2. The Morgan fingerprint density at radius 1 is 1.40 bits per heavy atom. The van der Waals surface area contributed by atoms with Crippen molar-refractivity contribution in [3.8, 4) is 17.4 Å². The van der Waals surface area contributed by atoms with Crippen molar-refractivity contribution in [1.29, 1.82) is 0 Å². The lowest BCUT2D eigenvalue weighted by molar-refractivity contribution is 0.0694. The van der Waals surface area contributed by atoms with Crippen molar-refractivity contribution in [3.63, 3.8) is 0 Å². The molecule has 1 heterocycles. The van der Waals surface area contributed by atoms with E-state index in [0.29, 0.717) is 15.2 Å². The summed E-state index contributed by atoms with van der Waals surface area (Å²) >= 11 is 9.04. The summed E-state index contributed by atoms with van der Waals surface area (Å²) in [6.45, 7) is 0. The second-order valence-electron chi connectivity index (χ2n) is 3.71. The smallest absolute Gasteiger partial charge is 0.339 e. The third kappa shape index (κ3) is 3.20. The van der Waals surface area contributed by atoms with E-state index >= 15 is 0 Å². The number of aromatic nitrogens is 1. The molecule has 2 aromatic rings. The highest BCUT2D eigenvalue weighted by molar-refractivity contribution is 9.10. The lowest BCUT2D eigenvalue weighted by Crippen LogP contribution is -2.01. The van der Waals surface area contributed by atoms with Crippen LogP contribution in [0.4, 0.5) is 0 Å². The standard InChI is InChI=1S/C13H9BrClNO4/c1-19-8-2-3-9(13(17)18)11(5-8)20-12-10(14)4-7(15)6-16-12/h2-6H,1H3,(H,17,18). The van der Waals surface area contributed by atoms with Crippen LogP contribution in [0.15, 0.2) is 34.9 Å². The predicted octanol–water partition coefficient (Wildman–Crippen LogP) is 4.00. The van der Waals surface area contributed by atoms with Crippen molar-refractivity contribution in [2.24, 2.45) is 0 Å². The molecule has 0 saturated carbocycles. The third-order valence-corrected chi connectivity index (χ3v) is 3.17. The molecule has 0 saturated heterocycles. The molecule has 0 fully saturated rings. The maximum atomic E-state index is 11.2. The number of pyridine rings is 1. The van der Waals surface area contributed by atoms with Crippen molar-refractivity contribution >= 4 is 33.5 Å². The topological polar surface area (TPSA) is 68.7 Å². The Bertz CT molecular complexity index is 663. The number of carbonyl (C=O) groups is 1. The first-order valence-electron chi connectivity index (χ1n) is 5.41. The van der Waals surface area contributed by atoms with E-state index in [9.17, 15) is 4.79 Å². The number of halogens is 2. The van der Waals surface area contributed by atoms with Crippen LogP contribution in [0.1, 0.15) is 10.4 Å². The molecule has 0 aliphatic rings. The van der Waals surface area contributed by atoms with Crippen LogP contribution in [-0.4, -0.2) is 23.2 Å². The van der Waals surface area contributed by atoms with Gasteiger partial charge in [-0.1, -0.05) is 11.6 Å². The molecule has 0 unspecified atom stereocenters. The van der Waals surface area contributed by atoms with E-state index in [-0.39, 0.29) is 17.2 Å². The summed E-state index contributed by atoms with van der Waals surface area (Å²) in [6.07, 6.45) is 1.41. The quantitative estimate of drug-likeness (QED) is 0.895. The van der Waals surface area contributed by atoms with Gasteiger partial charge in [0.2, 0.25) is 5.88 Å². The van der Waals surface area contributed by atoms with E-state index in [0.717, 1.165) is 0 Å². The molecule has 0 radical (unpaired) electrons. The Labute approximate surface area is 128 Å². The van der Waals surface area contributed by atoms with Crippen molar-refractivity contribution in [2.75, 3.05) is 7.11 Å². The zero-order valence-electron chi connectivity index (χ0n) is 10.3. The fraction of sp³-hybridized carbons (Fsp3) is 0.0769. The highest BCUT2D eigenvalue weighted by Crippen LogP contribution is 2.33. The van der Waals surface area contributed by atoms with Gasteiger partial charge in [-0.25, -0.2) is 9.78 Å². The van der Waals surface area contributed by atoms with Crippen LogP contribution in [-0.2, 0) is 0 Å². The molecule has 0 aliphatic carbocycles.